The number of rotatable bonds is 3. The summed E-state index contributed by atoms with van der Waals surface area (Å²) in [6, 6.07) is 0. The molecule has 0 heterocycles. The zero-order valence-electron chi connectivity index (χ0n) is 16.0. The summed E-state index contributed by atoms with van der Waals surface area (Å²) >= 11 is 0. The molecule has 4 rings (SSSR count). The maximum atomic E-state index is 2.69. The number of hydrogen-bond donors (Lipinski definition) is 0. The van der Waals surface area contributed by atoms with Crippen molar-refractivity contribution in [2.75, 3.05) is 0 Å². The third-order valence-electron chi connectivity index (χ3n) is 9.45. The maximum absolute atomic E-state index is 2.69. The fraction of sp³-hybridized carbons (Fsp3) is 1.00. The third-order valence-corrected chi connectivity index (χ3v) is 9.45. The van der Waals surface area contributed by atoms with Crippen molar-refractivity contribution < 1.29 is 0 Å². The van der Waals surface area contributed by atoms with Crippen molar-refractivity contribution in [1.29, 1.82) is 0 Å². The van der Waals surface area contributed by atoms with Crippen molar-refractivity contribution in [2.24, 2.45) is 46.8 Å². The van der Waals surface area contributed by atoms with Gasteiger partial charge in [-0.1, -0.05) is 59.3 Å². The Morgan fingerprint density at radius 3 is 2.00 bits per heavy atom. The molecule has 0 aliphatic heterocycles. The molecule has 0 amide bonds. The van der Waals surface area contributed by atoms with Gasteiger partial charge in [0.2, 0.25) is 0 Å². The van der Waals surface area contributed by atoms with Crippen LogP contribution >= 0.6 is 0 Å². The van der Waals surface area contributed by atoms with Crippen molar-refractivity contribution in [3.8, 4) is 0 Å². The Bertz CT molecular complexity index is 402. The van der Waals surface area contributed by atoms with Crippen LogP contribution < -0.4 is 0 Å². The van der Waals surface area contributed by atoms with Crippen LogP contribution in [-0.4, -0.2) is 0 Å². The van der Waals surface area contributed by atoms with E-state index in [4.69, 9.17) is 0 Å². The van der Waals surface area contributed by atoms with E-state index in [0.717, 1.165) is 41.4 Å². The first-order chi connectivity index (χ1) is 11.1. The van der Waals surface area contributed by atoms with Gasteiger partial charge in [0.05, 0.1) is 0 Å². The van der Waals surface area contributed by atoms with Crippen molar-refractivity contribution in [1.82, 2.24) is 0 Å². The fourth-order valence-corrected chi connectivity index (χ4v) is 8.21. The van der Waals surface area contributed by atoms with Crippen LogP contribution in [0.4, 0.5) is 0 Å². The van der Waals surface area contributed by atoms with Crippen molar-refractivity contribution in [3.05, 3.63) is 0 Å². The molecule has 0 aromatic carbocycles. The van der Waals surface area contributed by atoms with Gasteiger partial charge in [-0.2, -0.15) is 0 Å². The van der Waals surface area contributed by atoms with Crippen LogP contribution in [0.25, 0.3) is 0 Å². The molecule has 4 saturated carbocycles. The molecule has 0 aromatic rings. The summed E-state index contributed by atoms with van der Waals surface area (Å²) in [4.78, 5) is 0. The molecule has 0 nitrogen and oxygen atoms in total. The third kappa shape index (κ3) is 2.71. The average Bonchev–Trinajstić information content (AvgIpc) is 2.99. The van der Waals surface area contributed by atoms with Gasteiger partial charge in [0.15, 0.2) is 0 Å². The van der Waals surface area contributed by atoms with Gasteiger partial charge in [-0.05, 0) is 85.4 Å². The highest BCUT2D eigenvalue weighted by Gasteiger charge is 2.51. The molecule has 0 aromatic heterocycles. The Morgan fingerprint density at radius 2 is 1.30 bits per heavy atom. The van der Waals surface area contributed by atoms with Crippen LogP contribution in [0.5, 0.6) is 0 Å². The zero-order chi connectivity index (χ0) is 16.0. The van der Waals surface area contributed by atoms with Crippen molar-refractivity contribution >= 4 is 0 Å². The highest BCUT2D eigenvalue weighted by atomic mass is 14.6. The Labute approximate surface area is 145 Å². The lowest BCUT2D eigenvalue weighted by Crippen LogP contribution is -2.44. The summed E-state index contributed by atoms with van der Waals surface area (Å²) < 4.78 is 0. The van der Waals surface area contributed by atoms with Gasteiger partial charge < -0.3 is 0 Å². The van der Waals surface area contributed by atoms with Crippen LogP contribution in [0.15, 0.2) is 0 Å². The summed E-state index contributed by atoms with van der Waals surface area (Å²) in [5, 5.41) is 0. The summed E-state index contributed by atoms with van der Waals surface area (Å²) in [6.45, 7) is 7.77. The second kappa shape index (κ2) is 6.38. The van der Waals surface area contributed by atoms with Crippen LogP contribution in [0.3, 0.4) is 0 Å². The van der Waals surface area contributed by atoms with E-state index < -0.39 is 0 Å². The maximum Gasteiger partial charge on any atom is -0.0246 e. The van der Waals surface area contributed by atoms with E-state index in [-0.39, 0.29) is 0 Å². The highest BCUT2D eigenvalue weighted by Crippen LogP contribution is 2.60. The Kier molecular flexibility index (Phi) is 4.57. The van der Waals surface area contributed by atoms with E-state index >= 15 is 0 Å². The molecule has 0 heteroatoms. The minimum Gasteiger partial charge on any atom is -0.0622 e. The van der Waals surface area contributed by atoms with Gasteiger partial charge in [-0.3, -0.25) is 0 Å². The molecule has 0 saturated heterocycles. The highest BCUT2D eigenvalue weighted by molar-refractivity contribution is 5.00. The van der Waals surface area contributed by atoms with E-state index in [1.54, 1.807) is 44.9 Å². The van der Waals surface area contributed by atoms with Crippen LogP contribution in [0.2, 0.25) is 0 Å². The summed E-state index contributed by atoms with van der Waals surface area (Å²) in [5.74, 6) is 7.47. The van der Waals surface area contributed by atoms with Crippen molar-refractivity contribution in [3.63, 3.8) is 0 Å². The quantitative estimate of drug-likeness (QED) is 0.521. The van der Waals surface area contributed by atoms with Gasteiger partial charge >= 0.3 is 0 Å². The van der Waals surface area contributed by atoms with Gasteiger partial charge in [-0.25, -0.2) is 0 Å². The van der Waals surface area contributed by atoms with E-state index in [1.807, 2.05) is 0 Å². The van der Waals surface area contributed by atoms with E-state index in [2.05, 4.69) is 20.8 Å². The van der Waals surface area contributed by atoms with Gasteiger partial charge in [0.1, 0.15) is 0 Å². The predicted octanol–water partition coefficient (Wildman–Crippen LogP) is 7.08. The SMILES string of the molecule is CC(C)C1(C(C)C2CC3CCCC4CCC(C2)C43)CCCCC1. The molecule has 132 valence electrons. The van der Waals surface area contributed by atoms with E-state index in [9.17, 15) is 0 Å². The Hall–Kier alpha value is 0. The summed E-state index contributed by atoms with van der Waals surface area (Å²) in [5.41, 5.74) is 0.683. The molecular weight excluding hydrogens is 276 g/mol. The van der Waals surface area contributed by atoms with Crippen molar-refractivity contribution in [2.45, 2.75) is 97.8 Å². The standard InChI is InChI=1S/C23H40/c1-16(2)23(12-5-4-6-13-23)17(3)21-14-19-9-7-8-18-10-11-20(15-21)22(18)19/h16-22H,4-15H2,1-3H3. The van der Waals surface area contributed by atoms with Gasteiger partial charge in [-0.15, -0.1) is 0 Å². The molecule has 0 radical (unpaired) electrons. The van der Waals surface area contributed by atoms with Crippen LogP contribution in [-0.2, 0) is 0 Å². The summed E-state index contributed by atoms with van der Waals surface area (Å²) in [6.07, 6.45) is 18.7. The van der Waals surface area contributed by atoms with E-state index in [1.165, 1.54) is 32.1 Å². The zero-order valence-corrected chi connectivity index (χ0v) is 16.0. The molecule has 4 aliphatic carbocycles. The molecule has 6 atom stereocenters. The lowest BCUT2D eigenvalue weighted by atomic mass is 9.52. The topological polar surface area (TPSA) is 0 Å². The largest absolute Gasteiger partial charge is 0.0622 e. The Morgan fingerprint density at radius 1 is 0.696 bits per heavy atom. The summed E-state index contributed by atoms with van der Waals surface area (Å²) in [7, 11) is 0. The first-order valence-electron chi connectivity index (χ1n) is 11.1. The molecule has 0 bridgehead atoms. The number of hydrogen-bond acceptors (Lipinski definition) is 0. The second-order valence-electron chi connectivity index (χ2n) is 10.3. The first kappa shape index (κ1) is 16.5. The average molecular weight is 317 g/mol. The predicted molar refractivity (Wildman–Crippen MR) is 99.3 cm³/mol. The normalized spacial score (nSPS) is 44.1. The minimum absolute atomic E-state index is 0.683. The molecule has 23 heavy (non-hydrogen) atoms. The van der Waals surface area contributed by atoms with Crippen LogP contribution in [0.1, 0.15) is 97.8 Å². The van der Waals surface area contributed by atoms with E-state index in [0.29, 0.717) is 5.41 Å². The molecule has 4 aliphatic rings. The molecule has 4 fully saturated rings. The molecular formula is C23H40. The van der Waals surface area contributed by atoms with Crippen LogP contribution in [0, 0.1) is 46.8 Å². The first-order valence-corrected chi connectivity index (χ1v) is 11.1. The second-order valence-corrected chi connectivity index (χ2v) is 10.3. The minimum atomic E-state index is 0.683. The smallest absolute Gasteiger partial charge is 0.0246 e. The van der Waals surface area contributed by atoms with Gasteiger partial charge in [0, 0.05) is 0 Å². The molecule has 0 N–H and O–H groups in total. The monoisotopic (exact) mass is 316 g/mol. The Balaban J connectivity index is 1.53. The lowest BCUT2D eigenvalue weighted by molar-refractivity contribution is -0.0319. The van der Waals surface area contributed by atoms with Gasteiger partial charge in [0.25, 0.3) is 0 Å². The molecule has 0 spiro atoms. The fourth-order valence-electron chi connectivity index (χ4n) is 8.21. The molecule has 6 unspecified atom stereocenters. The lowest BCUT2D eigenvalue weighted by Gasteiger charge is -2.53.